The molecule has 0 aliphatic heterocycles. The first-order valence-electron chi connectivity index (χ1n) is 6.76. The van der Waals surface area contributed by atoms with Crippen molar-refractivity contribution >= 4 is 21.6 Å². The van der Waals surface area contributed by atoms with Crippen LogP contribution in [-0.4, -0.2) is 25.8 Å². The van der Waals surface area contributed by atoms with E-state index in [4.69, 9.17) is 11.6 Å². The van der Waals surface area contributed by atoms with E-state index >= 15 is 0 Å². The van der Waals surface area contributed by atoms with Crippen molar-refractivity contribution in [3.63, 3.8) is 0 Å². The molecule has 0 aliphatic rings. The third-order valence-electron chi connectivity index (χ3n) is 3.92. The summed E-state index contributed by atoms with van der Waals surface area (Å²) in [5.41, 5.74) is 0.280. The summed E-state index contributed by atoms with van der Waals surface area (Å²) in [5, 5.41) is 0. The van der Waals surface area contributed by atoms with Crippen LogP contribution in [0.25, 0.3) is 0 Å². The van der Waals surface area contributed by atoms with Gasteiger partial charge < -0.3 is 0 Å². The van der Waals surface area contributed by atoms with Crippen LogP contribution in [0.2, 0.25) is 0 Å². The molecule has 0 aromatic heterocycles. The standard InChI is InChI=1S/C15H23ClFNO2S/c1-10-7-13(8-12(9-16)14(10)17)21(19,20)18(6)11(2)15(3,4)5/h7-8,11H,9H2,1-6H3. The molecule has 1 aromatic carbocycles. The highest BCUT2D eigenvalue weighted by molar-refractivity contribution is 7.89. The van der Waals surface area contributed by atoms with Crippen LogP contribution in [0.15, 0.2) is 17.0 Å². The Balaban J connectivity index is 3.35. The number of hydrogen-bond acceptors (Lipinski definition) is 2. The van der Waals surface area contributed by atoms with Crippen LogP contribution in [0.4, 0.5) is 4.39 Å². The molecule has 0 saturated carbocycles. The Morgan fingerprint density at radius 1 is 1.33 bits per heavy atom. The number of hydrogen-bond donors (Lipinski definition) is 0. The molecule has 1 atom stereocenters. The number of nitrogens with zero attached hydrogens (tertiary/aromatic N) is 1. The van der Waals surface area contributed by atoms with Gasteiger partial charge in [-0.25, -0.2) is 12.8 Å². The highest BCUT2D eigenvalue weighted by atomic mass is 35.5. The fourth-order valence-corrected chi connectivity index (χ4v) is 3.85. The van der Waals surface area contributed by atoms with Gasteiger partial charge in [0.15, 0.2) is 0 Å². The Morgan fingerprint density at radius 2 is 1.86 bits per heavy atom. The maximum atomic E-state index is 13.8. The van der Waals surface area contributed by atoms with E-state index in [1.54, 1.807) is 7.05 Å². The minimum absolute atomic E-state index is 0.0609. The van der Waals surface area contributed by atoms with Gasteiger partial charge in [0, 0.05) is 18.7 Å². The zero-order valence-electron chi connectivity index (χ0n) is 13.4. The van der Waals surface area contributed by atoms with Crippen LogP contribution in [0, 0.1) is 18.2 Å². The second-order valence-corrected chi connectivity index (χ2v) is 8.67. The number of sulfonamides is 1. The summed E-state index contributed by atoms with van der Waals surface area (Å²) in [4.78, 5) is 0.0793. The number of benzene rings is 1. The molecule has 0 N–H and O–H groups in total. The van der Waals surface area contributed by atoms with Crippen LogP contribution in [-0.2, 0) is 15.9 Å². The lowest BCUT2D eigenvalue weighted by Crippen LogP contribution is -2.42. The van der Waals surface area contributed by atoms with Crippen LogP contribution < -0.4 is 0 Å². The fraction of sp³-hybridized carbons (Fsp3) is 0.600. The Hall–Kier alpha value is -0.650. The summed E-state index contributed by atoms with van der Waals surface area (Å²) < 4.78 is 40.6. The van der Waals surface area contributed by atoms with E-state index in [1.165, 1.54) is 23.4 Å². The number of rotatable bonds is 4. The Kier molecular flexibility index (Phi) is 5.45. The van der Waals surface area contributed by atoms with Gasteiger partial charge in [-0.05, 0) is 37.0 Å². The van der Waals surface area contributed by atoms with E-state index in [0.717, 1.165) is 0 Å². The van der Waals surface area contributed by atoms with Crippen molar-refractivity contribution in [2.24, 2.45) is 5.41 Å². The van der Waals surface area contributed by atoms with Crippen LogP contribution in [0.3, 0.4) is 0 Å². The molecule has 0 bridgehead atoms. The van der Waals surface area contributed by atoms with Crippen molar-refractivity contribution in [2.45, 2.75) is 51.4 Å². The summed E-state index contributed by atoms with van der Waals surface area (Å²) in [6.45, 7) is 9.32. The highest BCUT2D eigenvalue weighted by Crippen LogP contribution is 2.29. The molecule has 0 fully saturated rings. The van der Waals surface area contributed by atoms with Crippen molar-refractivity contribution in [3.05, 3.63) is 29.1 Å². The van der Waals surface area contributed by atoms with Gasteiger partial charge in [-0.1, -0.05) is 20.8 Å². The molecule has 0 aliphatic carbocycles. The largest absolute Gasteiger partial charge is 0.243 e. The summed E-state index contributed by atoms with van der Waals surface area (Å²) in [7, 11) is -2.14. The highest BCUT2D eigenvalue weighted by Gasteiger charge is 2.33. The molecule has 1 aromatic rings. The third kappa shape index (κ3) is 3.76. The van der Waals surface area contributed by atoms with E-state index in [1.807, 2.05) is 27.7 Å². The normalized spacial score (nSPS) is 14.5. The van der Waals surface area contributed by atoms with Crippen molar-refractivity contribution < 1.29 is 12.8 Å². The van der Waals surface area contributed by atoms with Gasteiger partial charge >= 0.3 is 0 Å². The smallest absolute Gasteiger partial charge is 0.207 e. The average Bonchev–Trinajstić information content (AvgIpc) is 2.38. The fourth-order valence-electron chi connectivity index (χ4n) is 1.97. The molecule has 1 rings (SSSR count). The first-order valence-corrected chi connectivity index (χ1v) is 8.73. The van der Waals surface area contributed by atoms with Crippen molar-refractivity contribution in [3.8, 4) is 0 Å². The lowest BCUT2D eigenvalue weighted by Gasteiger charge is -2.34. The molecule has 6 heteroatoms. The summed E-state index contributed by atoms with van der Waals surface area (Å²) in [6.07, 6.45) is 0. The Labute approximate surface area is 132 Å². The molecule has 120 valence electrons. The van der Waals surface area contributed by atoms with Gasteiger partial charge in [0.1, 0.15) is 5.82 Å². The van der Waals surface area contributed by atoms with E-state index in [2.05, 4.69) is 0 Å². The van der Waals surface area contributed by atoms with Gasteiger partial charge in [0.05, 0.1) is 10.8 Å². The first kappa shape index (κ1) is 18.4. The van der Waals surface area contributed by atoms with Gasteiger partial charge in [0.25, 0.3) is 0 Å². The second kappa shape index (κ2) is 6.23. The van der Waals surface area contributed by atoms with Gasteiger partial charge in [-0.15, -0.1) is 11.6 Å². The zero-order valence-corrected chi connectivity index (χ0v) is 14.9. The quantitative estimate of drug-likeness (QED) is 0.782. The predicted molar refractivity (Wildman–Crippen MR) is 84.6 cm³/mol. The molecule has 0 radical (unpaired) electrons. The van der Waals surface area contributed by atoms with Gasteiger partial charge in [-0.3, -0.25) is 0 Å². The zero-order chi connectivity index (χ0) is 16.6. The van der Waals surface area contributed by atoms with E-state index < -0.39 is 15.8 Å². The topological polar surface area (TPSA) is 37.4 Å². The van der Waals surface area contributed by atoms with Crippen LogP contribution >= 0.6 is 11.6 Å². The van der Waals surface area contributed by atoms with Gasteiger partial charge in [0.2, 0.25) is 10.0 Å². The summed E-state index contributed by atoms with van der Waals surface area (Å²) >= 11 is 5.69. The van der Waals surface area contributed by atoms with Gasteiger partial charge in [-0.2, -0.15) is 4.31 Å². The molecule has 0 saturated heterocycles. The number of halogens is 2. The number of aryl methyl sites for hydroxylation is 1. The minimum atomic E-state index is -3.69. The predicted octanol–water partition coefficient (Wildman–Crippen LogP) is 3.93. The molecule has 21 heavy (non-hydrogen) atoms. The molecular formula is C15H23ClFNO2S. The molecule has 1 unspecified atom stereocenters. The SMILES string of the molecule is Cc1cc(S(=O)(=O)N(C)C(C)C(C)(C)C)cc(CCl)c1F. The molecular weight excluding hydrogens is 313 g/mol. The van der Waals surface area contributed by atoms with Crippen LogP contribution in [0.1, 0.15) is 38.8 Å². The average molecular weight is 336 g/mol. The first-order chi connectivity index (χ1) is 9.42. The second-order valence-electron chi connectivity index (χ2n) is 6.41. The molecule has 0 amide bonds. The maximum absolute atomic E-state index is 13.8. The number of alkyl halides is 1. The Bertz CT molecular complexity index is 623. The Morgan fingerprint density at radius 3 is 2.29 bits per heavy atom. The van der Waals surface area contributed by atoms with E-state index in [9.17, 15) is 12.8 Å². The lowest BCUT2D eigenvalue weighted by molar-refractivity contribution is 0.216. The van der Waals surface area contributed by atoms with Crippen molar-refractivity contribution in [2.75, 3.05) is 7.05 Å². The molecule has 0 spiro atoms. The minimum Gasteiger partial charge on any atom is -0.207 e. The molecule has 3 nitrogen and oxygen atoms in total. The van der Waals surface area contributed by atoms with Crippen molar-refractivity contribution in [1.82, 2.24) is 4.31 Å². The van der Waals surface area contributed by atoms with Crippen LogP contribution in [0.5, 0.6) is 0 Å². The van der Waals surface area contributed by atoms with E-state index in [0.29, 0.717) is 0 Å². The third-order valence-corrected chi connectivity index (χ3v) is 6.12. The maximum Gasteiger partial charge on any atom is 0.243 e. The van der Waals surface area contributed by atoms with Crippen molar-refractivity contribution in [1.29, 1.82) is 0 Å². The summed E-state index contributed by atoms with van der Waals surface area (Å²) in [6, 6.07) is 2.47. The monoisotopic (exact) mass is 335 g/mol. The van der Waals surface area contributed by atoms with E-state index in [-0.39, 0.29) is 33.4 Å². The summed E-state index contributed by atoms with van der Waals surface area (Å²) in [5.74, 6) is -0.510. The molecule has 0 heterocycles. The lowest BCUT2D eigenvalue weighted by atomic mass is 9.88.